The van der Waals surface area contributed by atoms with Crippen molar-refractivity contribution in [1.29, 1.82) is 0 Å². The molecule has 25 heavy (non-hydrogen) atoms. The third-order valence-electron chi connectivity index (χ3n) is 4.86. The number of nitrogen functional groups attached to an aromatic ring is 1. The van der Waals surface area contributed by atoms with Crippen LogP contribution in [-0.4, -0.2) is 56.7 Å². The summed E-state index contributed by atoms with van der Waals surface area (Å²) in [6.07, 6.45) is 2.99. The summed E-state index contributed by atoms with van der Waals surface area (Å²) in [6.45, 7) is 3.19. The van der Waals surface area contributed by atoms with Crippen LogP contribution in [0.1, 0.15) is 39.3 Å². The molecule has 2 heterocycles. The number of nitrogens with one attached hydrogen (secondary N) is 1. The number of ether oxygens (including phenoxy) is 2. The number of nitrogens with two attached hydrogens (primary N) is 1. The van der Waals surface area contributed by atoms with E-state index >= 15 is 0 Å². The molecular formula is C18H26ClN3O3. The van der Waals surface area contributed by atoms with Crippen LogP contribution in [-0.2, 0) is 11.2 Å². The van der Waals surface area contributed by atoms with Crippen LogP contribution in [0.2, 0.25) is 5.02 Å². The molecule has 3 N–H and O–H groups in total. The number of methoxy groups -OCH3 is 1. The highest BCUT2D eigenvalue weighted by Gasteiger charge is 2.27. The summed E-state index contributed by atoms with van der Waals surface area (Å²) in [5.74, 6) is 0.357. The third kappa shape index (κ3) is 4.19. The number of fused-ring (bicyclic) bond motifs is 1. The minimum atomic E-state index is -2.33. The average Bonchev–Trinajstić information content (AvgIpc) is 3.12. The second-order valence-corrected chi connectivity index (χ2v) is 6.92. The van der Waals surface area contributed by atoms with Gasteiger partial charge in [-0.3, -0.25) is 4.79 Å². The number of hydrogen-bond donors (Lipinski definition) is 2. The van der Waals surface area contributed by atoms with E-state index in [-0.39, 0.29) is 18.6 Å². The van der Waals surface area contributed by atoms with Crippen molar-refractivity contribution >= 4 is 23.2 Å². The molecule has 0 aliphatic carbocycles. The number of amides is 1. The summed E-state index contributed by atoms with van der Waals surface area (Å²) < 4.78 is 31.5. The summed E-state index contributed by atoms with van der Waals surface area (Å²) in [4.78, 5) is 15.0. The van der Waals surface area contributed by atoms with Crippen LogP contribution in [0.3, 0.4) is 0 Å². The van der Waals surface area contributed by atoms with Crippen molar-refractivity contribution in [2.75, 3.05) is 45.6 Å². The lowest BCUT2D eigenvalue weighted by molar-refractivity contribution is 0.0904. The lowest BCUT2D eigenvalue weighted by Gasteiger charge is -2.32. The maximum atomic E-state index is 12.7. The number of carbonyl (C=O) groups excluding carboxylic acids is 1. The SMILES string of the molecule is [2H]C([2H])([2H])OCCCN1CCC(NC(=O)c2cc(Cl)c(N)c3c2OCC3)CC1. The highest BCUT2D eigenvalue weighted by Crippen LogP contribution is 2.38. The molecule has 1 aromatic rings. The van der Waals surface area contributed by atoms with Crippen LogP contribution in [0.4, 0.5) is 5.69 Å². The van der Waals surface area contributed by atoms with E-state index in [0.29, 0.717) is 41.5 Å². The first kappa shape index (κ1) is 14.6. The highest BCUT2D eigenvalue weighted by atomic mass is 35.5. The number of rotatable bonds is 6. The maximum Gasteiger partial charge on any atom is 0.255 e. The molecule has 0 spiro atoms. The molecule has 0 aromatic heterocycles. The fraction of sp³-hybridized carbons (Fsp3) is 0.611. The van der Waals surface area contributed by atoms with E-state index in [1.807, 2.05) is 0 Å². The first-order valence-electron chi connectivity index (χ1n) is 10.2. The van der Waals surface area contributed by atoms with Crippen molar-refractivity contribution in [3.8, 4) is 5.75 Å². The Balaban J connectivity index is 1.47. The number of halogens is 1. The van der Waals surface area contributed by atoms with Gasteiger partial charge in [0.05, 0.1) is 27.0 Å². The zero-order chi connectivity index (χ0) is 20.3. The Bertz CT molecular complexity index is 722. The standard InChI is InChI=1S/C18H26ClN3O3/c1-24-9-2-6-22-7-3-12(4-8-22)21-18(23)14-11-15(19)16(20)13-5-10-25-17(13)14/h11-12H,2-10,20H2,1H3,(H,21,23)/i1D3. The molecule has 1 saturated heterocycles. The molecule has 0 unspecified atom stereocenters. The van der Waals surface area contributed by atoms with Gasteiger partial charge in [0.2, 0.25) is 0 Å². The summed E-state index contributed by atoms with van der Waals surface area (Å²) >= 11 is 6.18. The predicted molar refractivity (Wildman–Crippen MR) is 98.5 cm³/mol. The normalized spacial score (nSPS) is 20.3. The van der Waals surface area contributed by atoms with Gasteiger partial charge in [-0.05, 0) is 25.3 Å². The molecule has 6 nitrogen and oxygen atoms in total. The van der Waals surface area contributed by atoms with E-state index in [2.05, 4.69) is 10.2 Å². The Labute approximate surface area is 157 Å². The van der Waals surface area contributed by atoms with Crippen molar-refractivity contribution in [2.24, 2.45) is 0 Å². The molecule has 7 heteroatoms. The molecule has 1 amide bonds. The summed E-state index contributed by atoms with van der Waals surface area (Å²) in [5, 5.41) is 3.45. The fourth-order valence-corrected chi connectivity index (χ4v) is 3.68. The second-order valence-electron chi connectivity index (χ2n) is 6.52. The molecule has 0 atom stereocenters. The lowest BCUT2D eigenvalue weighted by Crippen LogP contribution is -2.45. The van der Waals surface area contributed by atoms with Gasteiger partial charge in [0, 0.05) is 51.3 Å². The molecular weight excluding hydrogens is 342 g/mol. The van der Waals surface area contributed by atoms with Crippen molar-refractivity contribution in [3.63, 3.8) is 0 Å². The van der Waals surface area contributed by atoms with Crippen molar-refractivity contribution in [1.82, 2.24) is 10.2 Å². The van der Waals surface area contributed by atoms with Gasteiger partial charge >= 0.3 is 0 Å². The summed E-state index contributed by atoms with van der Waals surface area (Å²) in [7, 11) is -2.33. The molecule has 2 aliphatic rings. The van der Waals surface area contributed by atoms with Crippen molar-refractivity contribution < 1.29 is 18.4 Å². The van der Waals surface area contributed by atoms with Crippen LogP contribution < -0.4 is 15.8 Å². The lowest BCUT2D eigenvalue weighted by atomic mass is 10.0. The van der Waals surface area contributed by atoms with E-state index in [1.54, 1.807) is 6.07 Å². The maximum absolute atomic E-state index is 12.7. The first-order valence-corrected chi connectivity index (χ1v) is 9.03. The molecule has 2 aliphatic heterocycles. The number of benzene rings is 1. The van der Waals surface area contributed by atoms with Gasteiger partial charge in [-0.1, -0.05) is 11.6 Å². The summed E-state index contributed by atoms with van der Waals surface area (Å²) in [5.41, 5.74) is 7.73. The van der Waals surface area contributed by atoms with Crippen LogP contribution >= 0.6 is 11.6 Å². The van der Waals surface area contributed by atoms with Gasteiger partial charge < -0.3 is 25.4 Å². The zero-order valence-electron chi connectivity index (χ0n) is 17.1. The van der Waals surface area contributed by atoms with Crippen LogP contribution in [0.25, 0.3) is 0 Å². The van der Waals surface area contributed by atoms with E-state index < -0.39 is 7.04 Å². The minimum Gasteiger partial charge on any atom is -0.492 e. The molecule has 0 radical (unpaired) electrons. The van der Waals surface area contributed by atoms with Crippen molar-refractivity contribution in [2.45, 2.75) is 31.7 Å². The highest BCUT2D eigenvalue weighted by molar-refractivity contribution is 6.33. The first-order chi connectivity index (χ1) is 13.2. The van der Waals surface area contributed by atoms with E-state index in [0.717, 1.165) is 38.0 Å². The molecule has 0 saturated carbocycles. The van der Waals surface area contributed by atoms with Gasteiger partial charge in [0.1, 0.15) is 5.75 Å². The average molecular weight is 371 g/mol. The Morgan fingerprint density at radius 2 is 2.36 bits per heavy atom. The summed E-state index contributed by atoms with van der Waals surface area (Å²) in [6, 6.07) is 1.66. The predicted octanol–water partition coefficient (Wildman–Crippen LogP) is 2.09. The van der Waals surface area contributed by atoms with Crippen LogP contribution in [0.15, 0.2) is 6.07 Å². The number of likely N-dealkylation sites (tertiary alicyclic amines) is 1. The van der Waals surface area contributed by atoms with Gasteiger partial charge in [0.15, 0.2) is 0 Å². The Morgan fingerprint density at radius 1 is 1.56 bits per heavy atom. The number of carbonyl (C=O) groups is 1. The number of piperidine rings is 1. The molecule has 1 aromatic carbocycles. The zero-order valence-corrected chi connectivity index (χ0v) is 14.9. The molecule has 1 fully saturated rings. The van der Waals surface area contributed by atoms with Gasteiger partial charge in [-0.25, -0.2) is 0 Å². The van der Waals surface area contributed by atoms with Gasteiger partial charge in [-0.2, -0.15) is 0 Å². The minimum absolute atomic E-state index is 0.0794. The van der Waals surface area contributed by atoms with Gasteiger partial charge in [0.25, 0.3) is 5.91 Å². The topological polar surface area (TPSA) is 76.8 Å². The largest absolute Gasteiger partial charge is 0.492 e. The van der Waals surface area contributed by atoms with Crippen molar-refractivity contribution in [3.05, 3.63) is 22.2 Å². The van der Waals surface area contributed by atoms with E-state index in [1.165, 1.54) is 0 Å². The molecule has 138 valence electrons. The van der Waals surface area contributed by atoms with Crippen LogP contribution in [0, 0.1) is 0 Å². The van der Waals surface area contributed by atoms with E-state index in [4.69, 9.17) is 30.9 Å². The Kier molecular flexibility index (Phi) is 4.84. The molecule has 3 rings (SSSR count). The second kappa shape index (κ2) is 8.25. The van der Waals surface area contributed by atoms with Crippen LogP contribution in [0.5, 0.6) is 5.75 Å². The smallest absolute Gasteiger partial charge is 0.255 e. The Hall–Kier alpha value is -1.50. The Morgan fingerprint density at radius 3 is 3.12 bits per heavy atom. The number of anilines is 1. The number of hydrogen-bond acceptors (Lipinski definition) is 5. The quantitative estimate of drug-likeness (QED) is 0.592. The fourth-order valence-electron chi connectivity index (χ4n) is 3.46. The monoisotopic (exact) mass is 370 g/mol. The molecule has 0 bridgehead atoms. The number of nitrogens with zero attached hydrogens (tertiary/aromatic N) is 1. The van der Waals surface area contributed by atoms with E-state index in [9.17, 15) is 4.79 Å². The third-order valence-corrected chi connectivity index (χ3v) is 5.17. The van der Waals surface area contributed by atoms with Gasteiger partial charge in [-0.15, -0.1) is 0 Å².